The average Bonchev–Trinajstić information content (AvgIpc) is 2.12. The average molecular weight is 323 g/mol. The van der Waals surface area contributed by atoms with Gasteiger partial charge in [-0.1, -0.05) is 15.9 Å². The zero-order chi connectivity index (χ0) is 13.4. The second-order valence-electron chi connectivity index (χ2n) is 3.03. The SMILES string of the molecule is COc1cc(Br)cc(C(F)(F)F)c1C(F)(F)F. The molecule has 0 aromatic heterocycles. The molecular formula is C9H5BrF6O. The van der Waals surface area contributed by atoms with E-state index in [0.717, 1.165) is 13.2 Å². The van der Waals surface area contributed by atoms with Gasteiger partial charge in [0.25, 0.3) is 0 Å². The van der Waals surface area contributed by atoms with Crippen LogP contribution in [0.3, 0.4) is 0 Å². The standard InChI is InChI=1S/C9H5BrF6O/c1-17-6-3-4(10)2-5(8(11,12)13)7(6)9(14,15)16/h2-3H,1H3. The molecule has 0 spiro atoms. The second kappa shape index (κ2) is 4.40. The van der Waals surface area contributed by atoms with Crippen LogP contribution in [0.5, 0.6) is 5.75 Å². The van der Waals surface area contributed by atoms with E-state index in [0.29, 0.717) is 6.07 Å². The van der Waals surface area contributed by atoms with E-state index >= 15 is 0 Å². The normalized spacial score (nSPS) is 12.7. The summed E-state index contributed by atoms with van der Waals surface area (Å²) in [5, 5.41) is 0. The van der Waals surface area contributed by atoms with Crippen LogP contribution in [-0.4, -0.2) is 7.11 Å². The van der Waals surface area contributed by atoms with E-state index in [1.165, 1.54) is 0 Å². The van der Waals surface area contributed by atoms with Crippen molar-refractivity contribution in [3.63, 3.8) is 0 Å². The lowest BCUT2D eigenvalue weighted by molar-refractivity contribution is -0.163. The molecule has 0 aliphatic rings. The quantitative estimate of drug-likeness (QED) is 0.692. The molecule has 0 aliphatic heterocycles. The molecular weight excluding hydrogens is 318 g/mol. The van der Waals surface area contributed by atoms with E-state index in [1.807, 2.05) is 0 Å². The fourth-order valence-corrected chi connectivity index (χ4v) is 1.70. The van der Waals surface area contributed by atoms with Crippen molar-refractivity contribution >= 4 is 15.9 Å². The van der Waals surface area contributed by atoms with Gasteiger partial charge in [0.15, 0.2) is 0 Å². The summed E-state index contributed by atoms with van der Waals surface area (Å²) in [6.07, 6.45) is -10.3. The first kappa shape index (κ1) is 14.1. The van der Waals surface area contributed by atoms with Gasteiger partial charge in [-0.25, -0.2) is 0 Å². The molecule has 1 aromatic carbocycles. The molecule has 0 atom stereocenters. The molecule has 0 unspecified atom stereocenters. The minimum atomic E-state index is -5.14. The summed E-state index contributed by atoms with van der Waals surface area (Å²) in [7, 11) is 0.872. The highest BCUT2D eigenvalue weighted by atomic mass is 79.9. The van der Waals surface area contributed by atoms with Crippen LogP contribution in [0.15, 0.2) is 16.6 Å². The molecule has 0 N–H and O–H groups in total. The third kappa shape index (κ3) is 3.05. The molecule has 8 heteroatoms. The lowest BCUT2D eigenvalue weighted by atomic mass is 10.1. The van der Waals surface area contributed by atoms with Crippen molar-refractivity contribution in [1.29, 1.82) is 0 Å². The van der Waals surface area contributed by atoms with E-state index < -0.39 is 29.2 Å². The third-order valence-electron chi connectivity index (χ3n) is 1.88. The van der Waals surface area contributed by atoms with Gasteiger partial charge in [-0.05, 0) is 12.1 Å². The molecule has 1 nitrogen and oxygen atoms in total. The third-order valence-corrected chi connectivity index (χ3v) is 2.33. The van der Waals surface area contributed by atoms with Crippen LogP contribution >= 0.6 is 15.9 Å². The number of hydrogen-bond acceptors (Lipinski definition) is 1. The van der Waals surface area contributed by atoms with Crippen molar-refractivity contribution in [2.45, 2.75) is 12.4 Å². The number of halogens is 7. The van der Waals surface area contributed by atoms with Gasteiger partial charge < -0.3 is 4.74 Å². The minimum absolute atomic E-state index is 0.144. The van der Waals surface area contributed by atoms with Crippen molar-refractivity contribution in [1.82, 2.24) is 0 Å². The summed E-state index contributed by atoms with van der Waals surface area (Å²) >= 11 is 2.70. The Hall–Kier alpha value is -0.920. The molecule has 1 rings (SSSR count). The van der Waals surface area contributed by atoms with Crippen molar-refractivity contribution < 1.29 is 31.1 Å². The molecule has 0 bridgehead atoms. The van der Waals surface area contributed by atoms with Crippen molar-refractivity contribution in [2.24, 2.45) is 0 Å². The summed E-state index contributed by atoms with van der Waals surface area (Å²) < 4.78 is 79.4. The van der Waals surface area contributed by atoms with E-state index in [2.05, 4.69) is 20.7 Å². The molecule has 0 saturated heterocycles. The first-order chi connectivity index (χ1) is 7.57. The lowest BCUT2D eigenvalue weighted by Crippen LogP contribution is -2.17. The van der Waals surface area contributed by atoms with Crippen LogP contribution in [0.1, 0.15) is 11.1 Å². The van der Waals surface area contributed by atoms with E-state index in [4.69, 9.17) is 0 Å². The topological polar surface area (TPSA) is 9.23 Å². The highest BCUT2D eigenvalue weighted by Crippen LogP contribution is 2.46. The maximum atomic E-state index is 12.6. The van der Waals surface area contributed by atoms with Gasteiger partial charge in [-0.3, -0.25) is 0 Å². The summed E-state index contributed by atoms with van der Waals surface area (Å²) in [5.41, 5.74) is -3.60. The summed E-state index contributed by atoms with van der Waals surface area (Å²) in [4.78, 5) is 0. The summed E-state index contributed by atoms with van der Waals surface area (Å²) in [5.74, 6) is -0.876. The highest BCUT2D eigenvalue weighted by Gasteiger charge is 2.45. The molecule has 0 saturated carbocycles. The van der Waals surface area contributed by atoms with Gasteiger partial charge >= 0.3 is 12.4 Å². The van der Waals surface area contributed by atoms with E-state index in [9.17, 15) is 26.3 Å². The Morgan fingerprint density at radius 1 is 1.00 bits per heavy atom. The highest BCUT2D eigenvalue weighted by molar-refractivity contribution is 9.10. The minimum Gasteiger partial charge on any atom is -0.496 e. The Morgan fingerprint density at radius 3 is 1.88 bits per heavy atom. The first-order valence-electron chi connectivity index (χ1n) is 4.09. The van der Waals surface area contributed by atoms with Gasteiger partial charge in [0, 0.05) is 4.47 Å². The van der Waals surface area contributed by atoms with Crippen LogP contribution in [0.4, 0.5) is 26.3 Å². The van der Waals surface area contributed by atoms with Gasteiger partial charge in [0.2, 0.25) is 0 Å². The smallest absolute Gasteiger partial charge is 0.420 e. The van der Waals surface area contributed by atoms with Crippen LogP contribution in [-0.2, 0) is 12.4 Å². The fraction of sp³-hybridized carbons (Fsp3) is 0.333. The second-order valence-corrected chi connectivity index (χ2v) is 3.94. The molecule has 0 radical (unpaired) electrons. The predicted molar refractivity (Wildman–Crippen MR) is 50.7 cm³/mol. The largest absolute Gasteiger partial charge is 0.496 e. The lowest BCUT2D eigenvalue weighted by Gasteiger charge is -2.18. The number of methoxy groups -OCH3 is 1. The Morgan fingerprint density at radius 2 is 1.53 bits per heavy atom. The predicted octanol–water partition coefficient (Wildman–Crippen LogP) is 4.50. The van der Waals surface area contributed by atoms with Crippen LogP contribution < -0.4 is 4.74 Å². The Kier molecular flexibility index (Phi) is 3.66. The molecule has 0 amide bonds. The Balaban J connectivity index is 3.63. The molecule has 1 aromatic rings. The van der Waals surface area contributed by atoms with Gasteiger partial charge in [0.1, 0.15) is 11.3 Å². The van der Waals surface area contributed by atoms with Gasteiger partial charge in [0.05, 0.1) is 12.7 Å². The van der Waals surface area contributed by atoms with Crippen molar-refractivity contribution in [3.05, 3.63) is 27.7 Å². The van der Waals surface area contributed by atoms with Crippen LogP contribution in [0.25, 0.3) is 0 Å². The van der Waals surface area contributed by atoms with Crippen LogP contribution in [0, 0.1) is 0 Å². The fourth-order valence-electron chi connectivity index (χ4n) is 1.26. The maximum Gasteiger partial charge on any atom is 0.420 e. The number of alkyl halides is 6. The summed E-state index contributed by atoms with van der Waals surface area (Å²) in [6, 6.07) is 1.20. The molecule has 96 valence electrons. The zero-order valence-corrected chi connectivity index (χ0v) is 9.79. The number of rotatable bonds is 1. The first-order valence-corrected chi connectivity index (χ1v) is 4.88. The zero-order valence-electron chi connectivity index (χ0n) is 8.21. The summed E-state index contributed by atoms with van der Waals surface area (Å²) in [6.45, 7) is 0. The van der Waals surface area contributed by atoms with E-state index in [-0.39, 0.29) is 4.47 Å². The maximum absolute atomic E-state index is 12.6. The molecule has 17 heavy (non-hydrogen) atoms. The number of ether oxygens (including phenoxy) is 1. The van der Waals surface area contributed by atoms with E-state index in [1.54, 1.807) is 0 Å². The molecule has 0 fully saturated rings. The van der Waals surface area contributed by atoms with Gasteiger partial charge in [-0.15, -0.1) is 0 Å². The number of hydrogen-bond donors (Lipinski definition) is 0. The van der Waals surface area contributed by atoms with Gasteiger partial charge in [-0.2, -0.15) is 26.3 Å². The molecule has 0 aliphatic carbocycles. The van der Waals surface area contributed by atoms with Crippen molar-refractivity contribution in [2.75, 3.05) is 7.11 Å². The number of benzene rings is 1. The van der Waals surface area contributed by atoms with Crippen molar-refractivity contribution in [3.8, 4) is 5.75 Å². The Labute approximate surface area is 101 Å². The monoisotopic (exact) mass is 322 g/mol. The van der Waals surface area contributed by atoms with Crippen LogP contribution in [0.2, 0.25) is 0 Å². The molecule has 0 heterocycles. The Bertz CT molecular complexity index is 423.